The first-order chi connectivity index (χ1) is 14.0. The van der Waals surface area contributed by atoms with Gasteiger partial charge < -0.3 is 14.6 Å². The second-order valence-corrected chi connectivity index (χ2v) is 7.49. The van der Waals surface area contributed by atoms with E-state index >= 15 is 0 Å². The average Bonchev–Trinajstić information content (AvgIpc) is 2.66. The van der Waals surface area contributed by atoms with Crippen LogP contribution in [0.1, 0.15) is 5.56 Å². The number of halogens is 5. The van der Waals surface area contributed by atoms with E-state index in [1.165, 1.54) is 37.4 Å². The molecule has 12 heteroatoms. The van der Waals surface area contributed by atoms with E-state index in [-0.39, 0.29) is 22.1 Å². The van der Waals surface area contributed by atoms with E-state index in [0.29, 0.717) is 5.56 Å². The van der Waals surface area contributed by atoms with Gasteiger partial charge in [0.1, 0.15) is 17.3 Å². The second-order valence-electron chi connectivity index (χ2n) is 5.89. The monoisotopic (exact) mass is 461 g/mol. The van der Waals surface area contributed by atoms with Crippen molar-refractivity contribution >= 4 is 40.5 Å². The Kier molecular flexibility index (Phi) is 6.25. The summed E-state index contributed by atoms with van der Waals surface area (Å²) < 4.78 is 71.2. The molecule has 0 aliphatic carbocycles. The number of anilines is 1. The van der Waals surface area contributed by atoms with Gasteiger partial charge in [0, 0.05) is 17.3 Å². The molecule has 2 aromatic carbocycles. The number of carbonyl (C=O) groups is 1. The molecule has 2 aromatic rings. The molecule has 0 saturated heterocycles. The van der Waals surface area contributed by atoms with Crippen LogP contribution < -0.4 is 10.1 Å². The fourth-order valence-corrected chi connectivity index (χ4v) is 3.35. The lowest BCUT2D eigenvalue weighted by molar-refractivity contribution is -0.274. The van der Waals surface area contributed by atoms with E-state index in [4.69, 9.17) is 11.6 Å². The van der Waals surface area contributed by atoms with Gasteiger partial charge in [0.2, 0.25) is 11.5 Å². The van der Waals surface area contributed by atoms with E-state index in [1.54, 1.807) is 0 Å². The molecule has 1 atom stereocenters. The van der Waals surface area contributed by atoms with Crippen LogP contribution in [0.4, 0.5) is 23.2 Å². The minimum absolute atomic E-state index is 0.0330. The number of benzene rings is 2. The molecule has 1 N–H and O–H groups in total. The number of nitrogens with zero attached hydrogens (tertiary/aromatic N) is 2. The number of ether oxygens (including phenoxy) is 1. The average molecular weight is 462 g/mol. The van der Waals surface area contributed by atoms with Crippen molar-refractivity contribution in [3.05, 3.63) is 70.6 Å². The minimum atomic E-state index is -4.83. The van der Waals surface area contributed by atoms with Crippen molar-refractivity contribution in [3.8, 4) is 5.75 Å². The molecule has 1 aliphatic rings. The van der Waals surface area contributed by atoms with Gasteiger partial charge in [-0.1, -0.05) is 11.6 Å². The molecular weight excluding hydrogens is 450 g/mol. The number of hydrogen-bond acceptors (Lipinski definition) is 5. The Morgan fingerprint density at radius 3 is 2.50 bits per heavy atom. The fourth-order valence-electron chi connectivity index (χ4n) is 2.42. The van der Waals surface area contributed by atoms with E-state index in [1.807, 2.05) is 0 Å². The van der Waals surface area contributed by atoms with Crippen molar-refractivity contribution in [2.75, 3.05) is 12.4 Å². The minimum Gasteiger partial charge on any atom is -0.566 e. The Hall–Kier alpha value is -2.76. The normalized spacial score (nSPS) is 16.6. The molecule has 0 fully saturated rings. The summed E-state index contributed by atoms with van der Waals surface area (Å²) in [6.07, 6.45) is -3.51. The first-order valence-corrected chi connectivity index (χ1v) is 9.56. The van der Waals surface area contributed by atoms with Crippen molar-refractivity contribution in [1.29, 1.82) is 0 Å². The van der Waals surface area contributed by atoms with Gasteiger partial charge in [0.05, 0.1) is 12.1 Å². The summed E-state index contributed by atoms with van der Waals surface area (Å²) in [6.45, 7) is 0. The number of likely N-dealkylation sites (N-methyl/N-ethyl adjacent to an activating group) is 1. The number of carbonyl (C=O) groups excluding carboxylic acids is 1. The first kappa shape index (κ1) is 21.9. The first-order valence-electron chi connectivity index (χ1n) is 8.12. The van der Waals surface area contributed by atoms with Crippen LogP contribution in [0.3, 0.4) is 0 Å². The van der Waals surface area contributed by atoms with Crippen LogP contribution in [0, 0.1) is 5.82 Å². The predicted octanol–water partition coefficient (Wildman–Crippen LogP) is 4.21. The van der Waals surface area contributed by atoms with Crippen molar-refractivity contribution < 1.29 is 31.6 Å². The zero-order chi connectivity index (χ0) is 22.1. The third-order valence-electron chi connectivity index (χ3n) is 3.82. The number of amides is 1. The van der Waals surface area contributed by atoms with Crippen molar-refractivity contribution in [3.63, 3.8) is 0 Å². The molecule has 1 heterocycles. The van der Waals surface area contributed by atoms with Crippen LogP contribution in [0.25, 0.3) is 0 Å². The molecule has 158 valence electrons. The van der Waals surface area contributed by atoms with Crippen LogP contribution in [-0.2, 0) is 16.3 Å². The molecule has 1 amide bonds. The lowest BCUT2D eigenvalue weighted by atomic mass is 10.1. The van der Waals surface area contributed by atoms with E-state index in [0.717, 1.165) is 22.5 Å². The van der Waals surface area contributed by atoms with Gasteiger partial charge >= 0.3 is 6.36 Å². The molecule has 0 bridgehead atoms. The van der Waals surface area contributed by atoms with Crippen LogP contribution >= 0.6 is 11.6 Å². The fraction of sp³-hybridized carbons (Fsp3) is 0.111. The molecule has 6 nitrogen and oxygen atoms in total. The van der Waals surface area contributed by atoms with Gasteiger partial charge in [0.25, 0.3) is 5.91 Å². The summed E-state index contributed by atoms with van der Waals surface area (Å²) >= 11 is 3.73. The maximum absolute atomic E-state index is 13.3. The van der Waals surface area contributed by atoms with E-state index in [9.17, 15) is 26.9 Å². The summed E-state index contributed by atoms with van der Waals surface area (Å²) in [5.41, 5.74) is 0.618. The summed E-state index contributed by atoms with van der Waals surface area (Å²) in [7, 11) is 1.37. The summed E-state index contributed by atoms with van der Waals surface area (Å²) in [5, 5.41) is 2.31. The third-order valence-corrected chi connectivity index (χ3v) is 5.12. The Morgan fingerprint density at radius 2 is 1.90 bits per heavy atom. The van der Waals surface area contributed by atoms with Gasteiger partial charge in [-0.05, 0) is 46.9 Å². The number of allylic oxidation sites excluding steroid dienone is 1. The highest BCUT2D eigenvalue weighted by Crippen LogP contribution is 2.26. The summed E-state index contributed by atoms with van der Waals surface area (Å²) in [5.74, 6) is -1.76. The highest BCUT2D eigenvalue weighted by Gasteiger charge is 2.32. The van der Waals surface area contributed by atoms with E-state index < -0.39 is 35.4 Å². The summed E-state index contributed by atoms with van der Waals surface area (Å²) in [6, 6.07) is 8.30. The zero-order valence-corrected chi connectivity index (χ0v) is 16.6. The molecular formula is C18H12ClF4N3O3S. The van der Waals surface area contributed by atoms with Gasteiger partial charge in [-0.25, -0.2) is 4.39 Å². The molecule has 1 unspecified atom stereocenters. The molecule has 0 saturated carbocycles. The zero-order valence-electron chi connectivity index (χ0n) is 15.0. The smallest absolute Gasteiger partial charge is 0.566 e. The van der Waals surface area contributed by atoms with Gasteiger partial charge in [-0.2, -0.15) is 4.31 Å². The second kappa shape index (κ2) is 8.54. The van der Waals surface area contributed by atoms with Crippen LogP contribution in [0.15, 0.2) is 58.6 Å². The van der Waals surface area contributed by atoms with Crippen molar-refractivity contribution in [2.45, 2.75) is 6.36 Å². The topological polar surface area (TPSA) is 77.0 Å². The van der Waals surface area contributed by atoms with Crippen molar-refractivity contribution in [2.24, 2.45) is 4.40 Å². The SMILES string of the molecule is CN1C(C(=O)Nc2ccc(F)c(Cl)c2)=CC(c2ccc(OC(F)(F)F)cc2)=N[S+]1[O-]. The highest BCUT2D eigenvalue weighted by atomic mass is 35.5. The van der Waals surface area contributed by atoms with Gasteiger partial charge in [-0.15, -0.1) is 13.2 Å². The van der Waals surface area contributed by atoms with Gasteiger partial charge in [0.15, 0.2) is 5.70 Å². The van der Waals surface area contributed by atoms with Gasteiger partial charge in [-0.3, -0.25) is 4.79 Å². The third kappa shape index (κ3) is 5.23. The Balaban J connectivity index is 1.83. The van der Waals surface area contributed by atoms with Crippen LogP contribution in [-0.4, -0.2) is 33.9 Å². The molecule has 3 rings (SSSR count). The largest absolute Gasteiger partial charge is 0.573 e. The lowest BCUT2D eigenvalue weighted by Crippen LogP contribution is -2.35. The molecule has 30 heavy (non-hydrogen) atoms. The lowest BCUT2D eigenvalue weighted by Gasteiger charge is -2.23. The van der Waals surface area contributed by atoms with Crippen molar-refractivity contribution in [1.82, 2.24) is 4.31 Å². The Labute approximate surface area is 176 Å². The molecule has 0 radical (unpaired) electrons. The summed E-state index contributed by atoms with van der Waals surface area (Å²) in [4.78, 5) is 12.6. The maximum atomic E-state index is 13.3. The molecule has 0 spiro atoms. The maximum Gasteiger partial charge on any atom is 0.573 e. The van der Waals surface area contributed by atoms with Crippen LogP contribution in [0.5, 0.6) is 5.75 Å². The quantitative estimate of drug-likeness (QED) is 0.546. The highest BCUT2D eigenvalue weighted by molar-refractivity contribution is 7.88. The standard InChI is InChI=1S/C18H12ClF4N3O3S/c1-26-16(17(27)24-11-4-7-14(20)13(19)8-11)9-15(25-30(26)28)10-2-5-12(6-3-10)29-18(21,22)23/h2-9H,1H3,(H,24,27). The predicted molar refractivity (Wildman–Crippen MR) is 104 cm³/mol. The Bertz CT molecular complexity index is 1030. The number of hydrogen-bond donors (Lipinski definition) is 1. The van der Waals surface area contributed by atoms with Crippen LogP contribution in [0.2, 0.25) is 5.02 Å². The molecule has 0 aromatic heterocycles. The molecule has 1 aliphatic heterocycles. The Morgan fingerprint density at radius 1 is 1.23 bits per heavy atom. The number of rotatable bonds is 4. The number of alkyl halides is 3. The number of nitrogens with one attached hydrogen (secondary N) is 1. The van der Waals surface area contributed by atoms with E-state index in [2.05, 4.69) is 14.5 Å².